The Morgan fingerprint density at radius 3 is 2.50 bits per heavy atom. The molecule has 1 aromatic carbocycles. The summed E-state index contributed by atoms with van der Waals surface area (Å²) < 4.78 is 51.1. The van der Waals surface area contributed by atoms with Crippen LogP contribution in [-0.2, 0) is 12.6 Å². The maximum Gasteiger partial charge on any atom is 0.419 e. The lowest BCUT2D eigenvalue weighted by atomic mass is 10.0. The molecule has 0 aliphatic heterocycles. The first-order valence-corrected chi connectivity index (χ1v) is 6.91. The van der Waals surface area contributed by atoms with Gasteiger partial charge >= 0.3 is 6.18 Å². The van der Waals surface area contributed by atoms with Gasteiger partial charge in [-0.05, 0) is 41.1 Å². The topological polar surface area (TPSA) is 26.0 Å². The smallest absolute Gasteiger partial charge is 0.320 e. The lowest BCUT2D eigenvalue weighted by molar-refractivity contribution is -0.140. The molecular formula is C14H13F4NS. The number of benzene rings is 1. The van der Waals surface area contributed by atoms with E-state index in [1.165, 1.54) is 17.4 Å². The number of aryl methyl sites for hydroxylation is 1. The minimum absolute atomic E-state index is 0.340. The molecule has 1 heterocycles. The summed E-state index contributed by atoms with van der Waals surface area (Å²) in [6.45, 7) is 1.96. The van der Waals surface area contributed by atoms with E-state index in [1.807, 2.05) is 18.4 Å². The van der Waals surface area contributed by atoms with Crippen molar-refractivity contribution in [3.05, 3.63) is 57.0 Å². The summed E-state index contributed by atoms with van der Waals surface area (Å²) in [5.74, 6) is -1.29. The minimum atomic E-state index is -4.69. The molecular weight excluding hydrogens is 290 g/mol. The third-order valence-electron chi connectivity index (χ3n) is 3.10. The largest absolute Gasteiger partial charge is 0.419 e. The number of alkyl halides is 3. The zero-order chi connectivity index (χ0) is 14.9. The van der Waals surface area contributed by atoms with E-state index in [4.69, 9.17) is 5.73 Å². The van der Waals surface area contributed by atoms with Crippen LogP contribution in [0.3, 0.4) is 0 Å². The van der Waals surface area contributed by atoms with Crippen LogP contribution in [0.5, 0.6) is 0 Å². The maximum absolute atomic E-state index is 13.6. The highest BCUT2D eigenvalue weighted by Crippen LogP contribution is 2.34. The molecule has 108 valence electrons. The summed E-state index contributed by atoms with van der Waals surface area (Å²) in [5.41, 5.74) is 6.13. The molecule has 0 aliphatic rings. The Morgan fingerprint density at radius 2 is 1.95 bits per heavy atom. The first-order chi connectivity index (χ1) is 9.34. The van der Waals surface area contributed by atoms with Gasteiger partial charge in [0.15, 0.2) is 0 Å². The summed E-state index contributed by atoms with van der Waals surface area (Å²) in [4.78, 5) is 0.853. The molecule has 0 aliphatic carbocycles. The van der Waals surface area contributed by atoms with Gasteiger partial charge in [0.1, 0.15) is 5.82 Å². The van der Waals surface area contributed by atoms with Crippen LogP contribution < -0.4 is 5.73 Å². The zero-order valence-electron chi connectivity index (χ0n) is 10.7. The van der Waals surface area contributed by atoms with Gasteiger partial charge in [0.05, 0.1) is 11.6 Å². The van der Waals surface area contributed by atoms with E-state index in [-0.39, 0.29) is 0 Å². The number of nitrogens with two attached hydrogens (primary N) is 1. The van der Waals surface area contributed by atoms with Gasteiger partial charge in [-0.15, -0.1) is 11.3 Å². The van der Waals surface area contributed by atoms with Gasteiger partial charge in [-0.2, -0.15) is 13.2 Å². The molecule has 6 heteroatoms. The van der Waals surface area contributed by atoms with Gasteiger partial charge in [-0.25, -0.2) is 4.39 Å². The monoisotopic (exact) mass is 303 g/mol. The Kier molecular flexibility index (Phi) is 4.15. The molecule has 20 heavy (non-hydrogen) atoms. The van der Waals surface area contributed by atoms with Crippen molar-refractivity contribution in [3.8, 4) is 0 Å². The van der Waals surface area contributed by atoms with Crippen molar-refractivity contribution in [3.63, 3.8) is 0 Å². The second-order valence-corrected chi connectivity index (χ2v) is 5.33. The van der Waals surface area contributed by atoms with Crippen molar-refractivity contribution >= 4 is 11.3 Å². The highest BCUT2D eigenvalue weighted by Gasteiger charge is 2.34. The van der Waals surface area contributed by atoms with Crippen LogP contribution in [-0.4, -0.2) is 0 Å². The maximum atomic E-state index is 13.6. The Bertz CT molecular complexity index is 603. The van der Waals surface area contributed by atoms with Crippen molar-refractivity contribution < 1.29 is 17.6 Å². The first kappa shape index (κ1) is 15.0. The zero-order valence-corrected chi connectivity index (χ0v) is 11.5. The molecule has 0 amide bonds. The normalized spacial score (nSPS) is 13.5. The van der Waals surface area contributed by atoms with Crippen LogP contribution in [0, 0.1) is 5.82 Å². The van der Waals surface area contributed by atoms with Crippen LogP contribution in [0.15, 0.2) is 29.6 Å². The summed E-state index contributed by atoms with van der Waals surface area (Å²) in [7, 11) is 0. The fourth-order valence-electron chi connectivity index (χ4n) is 2.02. The quantitative estimate of drug-likeness (QED) is 0.829. The van der Waals surface area contributed by atoms with Crippen LogP contribution >= 0.6 is 11.3 Å². The number of halogens is 4. The van der Waals surface area contributed by atoms with Gasteiger partial charge in [-0.1, -0.05) is 13.0 Å². The molecule has 0 radical (unpaired) electrons. The highest BCUT2D eigenvalue weighted by atomic mass is 32.1. The van der Waals surface area contributed by atoms with Gasteiger partial charge in [0, 0.05) is 4.88 Å². The summed E-state index contributed by atoms with van der Waals surface area (Å²) in [6, 6.07) is 4.15. The van der Waals surface area contributed by atoms with Crippen molar-refractivity contribution in [2.24, 2.45) is 5.73 Å². The fraction of sp³-hybridized carbons (Fsp3) is 0.286. The number of rotatable bonds is 3. The van der Waals surface area contributed by atoms with Gasteiger partial charge in [-0.3, -0.25) is 0 Å². The second kappa shape index (κ2) is 5.54. The number of hydrogen-bond acceptors (Lipinski definition) is 2. The van der Waals surface area contributed by atoms with Crippen molar-refractivity contribution in [2.45, 2.75) is 25.6 Å². The third-order valence-corrected chi connectivity index (χ3v) is 4.14. The predicted molar refractivity (Wildman–Crippen MR) is 71.1 cm³/mol. The van der Waals surface area contributed by atoms with Crippen molar-refractivity contribution in [1.29, 1.82) is 0 Å². The van der Waals surface area contributed by atoms with Gasteiger partial charge in [0.25, 0.3) is 0 Å². The van der Waals surface area contributed by atoms with E-state index in [2.05, 4.69) is 0 Å². The van der Waals surface area contributed by atoms with Gasteiger partial charge in [0.2, 0.25) is 0 Å². The van der Waals surface area contributed by atoms with Gasteiger partial charge < -0.3 is 5.73 Å². The molecule has 2 N–H and O–H groups in total. The van der Waals surface area contributed by atoms with E-state index >= 15 is 0 Å². The first-order valence-electron chi connectivity index (χ1n) is 6.03. The molecule has 0 fully saturated rings. The molecule has 1 unspecified atom stereocenters. The molecule has 0 bridgehead atoms. The SMILES string of the molecule is CCc1ccsc1C(N)c1ccc(C(F)(F)F)c(F)c1. The van der Waals surface area contributed by atoms with Crippen LogP contribution in [0.1, 0.15) is 34.5 Å². The summed E-state index contributed by atoms with van der Waals surface area (Å²) >= 11 is 1.42. The van der Waals surface area contributed by atoms with Crippen molar-refractivity contribution in [1.82, 2.24) is 0 Å². The lowest BCUT2D eigenvalue weighted by Gasteiger charge is -2.15. The Hall–Kier alpha value is -1.40. The molecule has 0 saturated carbocycles. The summed E-state index contributed by atoms with van der Waals surface area (Å²) in [6.07, 6.45) is -3.92. The number of thiophene rings is 1. The predicted octanol–water partition coefficient (Wildman–Crippen LogP) is 4.52. The third kappa shape index (κ3) is 2.86. The van der Waals surface area contributed by atoms with E-state index in [0.29, 0.717) is 5.56 Å². The van der Waals surface area contributed by atoms with Crippen LogP contribution in [0.2, 0.25) is 0 Å². The fourth-order valence-corrected chi connectivity index (χ4v) is 3.04. The molecule has 2 aromatic rings. The minimum Gasteiger partial charge on any atom is -0.320 e. The molecule has 1 nitrogen and oxygen atoms in total. The number of hydrogen-bond donors (Lipinski definition) is 1. The Balaban J connectivity index is 2.37. The molecule has 1 atom stereocenters. The molecule has 1 aromatic heterocycles. The molecule has 0 spiro atoms. The molecule has 2 rings (SSSR count). The average Bonchev–Trinajstić information content (AvgIpc) is 2.84. The highest BCUT2D eigenvalue weighted by molar-refractivity contribution is 7.10. The van der Waals surface area contributed by atoms with E-state index in [0.717, 1.165) is 29.0 Å². The Labute approximate surface area is 118 Å². The van der Waals surface area contributed by atoms with E-state index in [1.54, 1.807) is 0 Å². The van der Waals surface area contributed by atoms with E-state index in [9.17, 15) is 17.6 Å². The molecule has 0 saturated heterocycles. The summed E-state index contributed by atoms with van der Waals surface area (Å²) in [5, 5.41) is 1.87. The standard InChI is InChI=1S/C14H13F4NS/c1-2-8-5-6-20-13(8)12(19)9-3-4-10(11(15)7-9)14(16,17)18/h3-7,12H,2,19H2,1H3. The average molecular weight is 303 g/mol. The van der Waals surface area contributed by atoms with E-state index < -0.39 is 23.6 Å². The van der Waals surface area contributed by atoms with Crippen molar-refractivity contribution in [2.75, 3.05) is 0 Å². The van der Waals surface area contributed by atoms with Crippen LogP contribution in [0.25, 0.3) is 0 Å². The lowest BCUT2D eigenvalue weighted by Crippen LogP contribution is -2.14. The second-order valence-electron chi connectivity index (χ2n) is 4.38. The van der Waals surface area contributed by atoms with Crippen LogP contribution in [0.4, 0.5) is 17.6 Å². The Morgan fingerprint density at radius 1 is 1.25 bits per heavy atom.